The zero-order valence-electron chi connectivity index (χ0n) is 13.2. The van der Waals surface area contributed by atoms with E-state index in [9.17, 15) is 4.57 Å². The van der Waals surface area contributed by atoms with Gasteiger partial charge >= 0.3 is 0 Å². The summed E-state index contributed by atoms with van der Waals surface area (Å²) in [7, 11) is -2.67. The third-order valence-electron chi connectivity index (χ3n) is 2.95. The van der Waals surface area contributed by atoms with Crippen LogP contribution in [0.3, 0.4) is 0 Å². The van der Waals surface area contributed by atoms with E-state index < -0.39 is 7.44 Å². The molecular weight excluding hydrogens is 330 g/mol. The maximum Gasteiger partial charge on any atom is 0.215 e. The Labute approximate surface area is 139 Å². The molecule has 21 heavy (non-hydrogen) atoms. The van der Waals surface area contributed by atoms with Gasteiger partial charge in [0.2, 0.25) is 7.44 Å². The van der Waals surface area contributed by atoms with Crippen molar-refractivity contribution in [1.29, 1.82) is 0 Å². The standard InChI is InChI=1S/C13H29Cl2N4OP/c1-3-5-8-18-21(20,12-9-17-13-16-4-2)19(10-6-14)11-7-15/h13H,3-12H2,1-2H3,(H,16,17)(H,18,20). The molecule has 0 aromatic heterocycles. The first-order valence-corrected chi connectivity index (χ1v) is 10.5. The lowest BCUT2D eigenvalue weighted by Gasteiger charge is -2.31. The van der Waals surface area contributed by atoms with Gasteiger partial charge in [-0.15, -0.1) is 23.2 Å². The van der Waals surface area contributed by atoms with Crippen molar-refractivity contribution in [3.8, 4) is 0 Å². The molecule has 0 aliphatic carbocycles. The fourth-order valence-electron chi connectivity index (χ4n) is 1.79. The highest BCUT2D eigenvalue weighted by Crippen LogP contribution is 2.44. The third kappa shape index (κ3) is 9.75. The van der Waals surface area contributed by atoms with Crippen molar-refractivity contribution in [3.63, 3.8) is 0 Å². The van der Waals surface area contributed by atoms with E-state index in [1.807, 2.05) is 11.6 Å². The highest BCUT2D eigenvalue weighted by Gasteiger charge is 2.28. The van der Waals surface area contributed by atoms with Crippen LogP contribution in [-0.2, 0) is 4.57 Å². The van der Waals surface area contributed by atoms with Gasteiger partial charge in [0.05, 0.1) is 6.34 Å². The molecule has 0 fully saturated rings. The quantitative estimate of drug-likeness (QED) is 0.165. The highest BCUT2D eigenvalue weighted by molar-refractivity contribution is 7.59. The summed E-state index contributed by atoms with van der Waals surface area (Å²) >= 11 is 11.7. The number of unbranched alkanes of at least 4 members (excludes halogenated alkanes) is 1. The second kappa shape index (κ2) is 13.8. The molecule has 5 nitrogen and oxygen atoms in total. The fraction of sp³-hybridized carbons (Fsp3) is 0.923. The van der Waals surface area contributed by atoms with E-state index in [4.69, 9.17) is 23.2 Å². The Hall–Kier alpha value is 0.200. The third-order valence-corrected chi connectivity index (χ3v) is 6.13. The number of nitrogens with one attached hydrogen (secondary N) is 2. The molecule has 0 rings (SSSR count). The van der Waals surface area contributed by atoms with Gasteiger partial charge in [0.1, 0.15) is 0 Å². The van der Waals surface area contributed by atoms with Gasteiger partial charge in [0, 0.05) is 50.6 Å². The van der Waals surface area contributed by atoms with Crippen LogP contribution in [-0.4, -0.2) is 61.7 Å². The lowest BCUT2D eigenvalue weighted by atomic mass is 10.3. The van der Waals surface area contributed by atoms with Crippen LogP contribution in [0.1, 0.15) is 26.7 Å². The van der Waals surface area contributed by atoms with Crippen LogP contribution in [0.4, 0.5) is 0 Å². The molecule has 0 saturated carbocycles. The van der Waals surface area contributed by atoms with Gasteiger partial charge in [-0.2, -0.15) is 0 Å². The Morgan fingerprint density at radius 2 is 1.90 bits per heavy atom. The lowest BCUT2D eigenvalue weighted by Crippen LogP contribution is -2.34. The average Bonchev–Trinajstić information content (AvgIpc) is 2.47. The second-order valence-corrected chi connectivity index (χ2v) is 8.10. The molecule has 0 heterocycles. The first kappa shape index (κ1) is 21.2. The molecule has 0 amide bonds. The van der Waals surface area contributed by atoms with Crippen molar-refractivity contribution >= 4 is 37.0 Å². The SMILES string of the molecule is CCCCNP(=O)(CCN=CNCC)N(CCCl)CCCl. The van der Waals surface area contributed by atoms with Gasteiger partial charge in [-0.3, -0.25) is 14.6 Å². The van der Waals surface area contributed by atoms with E-state index in [0.29, 0.717) is 37.6 Å². The van der Waals surface area contributed by atoms with Crippen molar-refractivity contribution in [3.05, 3.63) is 0 Å². The monoisotopic (exact) mass is 358 g/mol. The van der Waals surface area contributed by atoms with E-state index in [0.717, 1.165) is 25.9 Å². The normalized spacial score (nSPS) is 14.7. The molecule has 1 atom stereocenters. The van der Waals surface area contributed by atoms with E-state index in [1.165, 1.54) is 0 Å². The van der Waals surface area contributed by atoms with Crippen LogP contribution in [0.2, 0.25) is 0 Å². The van der Waals surface area contributed by atoms with Gasteiger partial charge in [-0.05, 0) is 13.3 Å². The molecule has 0 spiro atoms. The van der Waals surface area contributed by atoms with Gasteiger partial charge in [-0.25, -0.2) is 4.67 Å². The van der Waals surface area contributed by atoms with Crippen molar-refractivity contribution in [2.45, 2.75) is 26.7 Å². The number of alkyl halides is 2. The molecule has 126 valence electrons. The summed E-state index contributed by atoms with van der Waals surface area (Å²) in [5.41, 5.74) is 0. The summed E-state index contributed by atoms with van der Waals surface area (Å²) in [5.74, 6) is 0.883. The fourth-order valence-corrected chi connectivity index (χ4v) is 4.82. The van der Waals surface area contributed by atoms with E-state index >= 15 is 0 Å². The minimum Gasteiger partial charge on any atom is -0.377 e. The van der Waals surface area contributed by atoms with Crippen LogP contribution in [0.15, 0.2) is 4.99 Å². The molecule has 0 aromatic carbocycles. The van der Waals surface area contributed by atoms with Gasteiger partial charge in [0.15, 0.2) is 0 Å². The Kier molecular flexibility index (Phi) is 14.0. The Bertz CT molecular complexity index is 313. The maximum atomic E-state index is 13.2. The summed E-state index contributed by atoms with van der Waals surface area (Å²) in [6, 6.07) is 0. The number of hydrogen-bond donors (Lipinski definition) is 2. The largest absolute Gasteiger partial charge is 0.377 e. The molecule has 8 heteroatoms. The van der Waals surface area contributed by atoms with E-state index in [-0.39, 0.29) is 0 Å². The molecular formula is C13H29Cl2N4OP. The van der Waals surface area contributed by atoms with Crippen LogP contribution in [0.25, 0.3) is 0 Å². The van der Waals surface area contributed by atoms with Crippen molar-refractivity contribution in [2.75, 3.05) is 50.6 Å². The summed E-state index contributed by atoms with van der Waals surface area (Å²) in [4.78, 5) is 4.24. The first-order valence-electron chi connectivity index (χ1n) is 7.57. The van der Waals surface area contributed by atoms with Gasteiger partial charge in [0.25, 0.3) is 0 Å². The van der Waals surface area contributed by atoms with Crippen molar-refractivity contribution < 1.29 is 4.57 Å². The smallest absolute Gasteiger partial charge is 0.215 e. The van der Waals surface area contributed by atoms with Crippen LogP contribution in [0, 0.1) is 0 Å². The maximum absolute atomic E-state index is 13.2. The second-order valence-electron chi connectivity index (χ2n) is 4.61. The van der Waals surface area contributed by atoms with Crippen LogP contribution >= 0.6 is 30.6 Å². The number of aliphatic imine (C=N–C) groups is 1. The summed E-state index contributed by atoms with van der Waals surface area (Å²) in [6.45, 7) is 7.36. The molecule has 1 unspecified atom stereocenters. The molecule has 0 aliphatic rings. The van der Waals surface area contributed by atoms with Crippen LogP contribution < -0.4 is 10.4 Å². The first-order chi connectivity index (χ1) is 10.1. The minimum absolute atomic E-state index is 0.441. The predicted octanol–water partition coefficient (Wildman–Crippen LogP) is 2.99. The Morgan fingerprint density at radius 3 is 2.43 bits per heavy atom. The zero-order valence-corrected chi connectivity index (χ0v) is 15.6. The summed E-state index contributed by atoms with van der Waals surface area (Å²) < 4.78 is 15.1. The van der Waals surface area contributed by atoms with E-state index in [1.54, 1.807) is 6.34 Å². The summed E-state index contributed by atoms with van der Waals surface area (Å²) in [6.07, 6.45) is 4.23. The molecule has 2 N–H and O–H groups in total. The Balaban J connectivity index is 4.66. The zero-order chi connectivity index (χ0) is 16.0. The number of rotatable bonds is 14. The molecule has 0 aromatic rings. The number of halogens is 2. The van der Waals surface area contributed by atoms with Crippen LogP contribution in [0.5, 0.6) is 0 Å². The average molecular weight is 359 g/mol. The molecule has 0 radical (unpaired) electrons. The summed E-state index contributed by atoms with van der Waals surface area (Å²) in [5, 5.41) is 6.24. The topological polar surface area (TPSA) is 56.7 Å². The number of nitrogens with zero attached hydrogens (tertiary/aromatic N) is 2. The highest BCUT2D eigenvalue weighted by atomic mass is 35.5. The number of hydrogen-bond acceptors (Lipinski definition) is 2. The molecule has 0 saturated heterocycles. The molecule has 0 aliphatic heterocycles. The van der Waals surface area contributed by atoms with Crippen molar-refractivity contribution in [1.82, 2.24) is 15.1 Å². The van der Waals surface area contributed by atoms with Gasteiger partial charge < -0.3 is 5.32 Å². The molecule has 0 bridgehead atoms. The Morgan fingerprint density at radius 1 is 1.24 bits per heavy atom. The lowest BCUT2D eigenvalue weighted by molar-refractivity contribution is 0.434. The van der Waals surface area contributed by atoms with E-state index in [2.05, 4.69) is 22.3 Å². The predicted molar refractivity (Wildman–Crippen MR) is 95.4 cm³/mol. The van der Waals surface area contributed by atoms with Gasteiger partial charge in [-0.1, -0.05) is 13.3 Å². The minimum atomic E-state index is -2.67. The van der Waals surface area contributed by atoms with Crippen molar-refractivity contribution in [2.24, 2.45) is 4.99 Å².